The Kier molecular flexibility index (Phi) is 2.78. The van der Waals surface area contributed by atoms with Gasteiger partial charge in [-0.1, -0.05) is 17.8 Å². The van der Waals surface area contributed by atoms with Gasteiger partial charge in [0, 0.05) is 0 Å². The summed E-state index contributed by atoms with van der Waals surface area (Å²) in [6.07, 6.45) is 0.711. The van der Waals surface area contributed by atoms with Crippen molar-refractivity contribution in [1.29, 1.82) is 0 Å². The summed E-state index contributed by atoms with van der Waals surface area (Å²) in [5.41, 5.74) is 7.54. The van der Waals surface area contributed by atoms with E-state index in [4.69, 9.17) is 18.0 Å². The van der Waals surface area contributed by atoms with E-state index in [-0.39, 0.29) is 6.04 Å². The Morgan fingerprint density at radius 1 is 1.83 bits per heavy atom. The Morgan fingerprint density at radius 3 is 2.92 bits per heavy atom. The van der Waals surface area contributed by atoms with Gasteiger partial charge in [0.05, 0.1) is 6.04 Å². The molecule has 5 heteroatoms. The average Bonchev–Trinajstić information content (AvgIpc) is 2.33. The smallest absolute Gasteiger partial charge is 0.144 e. The van der Waals surface area contributed by atoms with E-state index in [0.717, 1.165) is 5.57 Å². The number of hydrogen-bond acceptors (Lipinski definition) is 3. The maximum Gasteiger partial charge on any atom is 0.144 e. The van der Waals surface area contributed by atoms with Gasteiger partial charge in [0.25, 0.3) is 0 Å². The van der Waals surface area contributed by atoms with Crippen LogP contribution in [0.4, 0.5) is 0 Å². The second-order valence-corrected chi connectivity index (χ2v) is 3.24. The summed E-state index contributed by atoms with van der Waals surface area (Å²) < 4.78 is 0.573. The van der Waals surface area contributed by atoms with E-state index in [1.54, 1.807) is 0 Å². The van der Waals surface area contributed by atoms with Crippen LogP contribution in [0.2, 0.25) is 0 Å². The molecule has 12 heavy (non-hydrogen) atoms. The van der Waals surface area contributed by atoms with Crippen LogP contribution in [0.15, 0.2) is 12.2 Å². The summed E-state index contributed by atoms with van der Waals surface area (Å²) in [5.74, 6) is 0. The molecule has 1 aromatic heterocycles. The average molecular weight is 184 g/mol. The van der Waals surface area contributed by atoms with Crippen molar-refractivity contribution in [2.24, 2.45) is 5.73 Å². The van der Waals surface area contributed by atoms with Crippen molar-refractivity contribution in [3.8, 4) is 0 Å². The number of aromatic nitrogens is 3. The zero-order chi connectivity index (χ0) is 9.14. The molecular formula is C7H12N4S. The molecule has 0 aliphatic rings. The monoisotopic (exact) mass is 184 g/mol. The normalized spacial score (nSPS) is 12.8. The van der Waals surface area contributed by atoms with E-state index in [1.165, 1.54) is 0 Å². The first-order valence-corrected chi connectivity index (χ1v) is 4.05. The van der Waals surface area contributed by atoms with Gasteiger partial charge in [-0.05, 0) is 13.3 Å². The highest BCUT2D eigenvalue weighted by atomic mass is 32.1. The first-order chi connectivity index (χ1) is 5.61. The number of rotatable bonds is 3. The largest absolute Gasteiger partial charge is 0.322 e. The Hall–Kier alpha value is -0.940. The van der Waals surface area contributed by atoms with Crippen molar-refractivity contribution in [3.63, 3.8) is 0 Å². The second-order valence-electron chi connectivity index (χ2n) is 2.83. The van der Waals surface area contributed by atoms with Gasteiger partial charge in [-0.25, -0.2) is 5.21 Å². The van der Waals surface area contributed by atoms with E-state index in [1.807, 2.05) is 6.92 Å². The van der Waals surface area contributed by atoms with Gasteiger partial charge in [-0.2, -0.15) is 5.10 Å². The summed E-state index contributed by atoms with van der Waals surface area (Å²) in [4.78, 5) is 0. The summed E-state index contributed by atoms with van der Waals surface area (Å²) in [7, 11) is 0. The van der Waals surface area contributed by atoms with E-state index in [0.29, 0.717) is 16.8 Å². The molecule has 4 nitrogen and oxygen atoms in total. The molecule has 0 spiro atoms. The van der Waals surface area contributed by atoms with Crippen LogP contribution in [0.5, 0.6) is 0 Å². The quantitative estimate of drug-likeness (QED) is 0.491. The Labute approximate surface area is 75.9 Å². The zero-order valence-electron chi connectivity index (χ0n) is 6.92. The number of nitrogens with one attached hydrogen (secondary N) is 2. The van der Waals surface area contributed by atoms with Crippen molar-refractivity contribution in [1.82, 2.24) is 15.4 Å². The molecule has 1 aromatic rings. The second kappa shape index (κ2) is 3.64. The van der Waals surface area contributed by atoms with Crippen LogP contribution in [-0.2, 0) is 0 Å². The summed E-state index contributed by atoms with van der Waals surface area (Å²) >= 11 is 4.96. The molecule has 1 atom stereocenters. The predicted octanol–water partition coefficient (Wildman–Crippen LogP) is 1.43. The van der Waals surface area contributed by atoms with Gasteiger partial charge >= 0.3 is 0 Å². The van der Waals surface area contributed by atoms with Crippen LogP contribution in [0.1, 0.15) is 25.1 Å². The van der Waals surface area contributed by atoms with Crippen molar-refractivity contribution in [3.05, 3.63) is 22.5 Å². The number of nitrogens with two attached hydrogens (primary N) is 1. The van der Waals surface area contributed by atoms with Gasteiger partial charge in [-0.15, -0.1) is 6.58 Å². The molecule has 0 saturated heterocycles. The molecule has 0 fully saturated rings. The predicted molar refractivity (Wildman–Crippen MR) is 50.1 cm³/mol. The molecule has 0 amide bonds. The van der Waals surface area contributed by atoms with Crippen LogP contribution < -0.4 is 5.73 Å². The third kappa shape index (κ3) is 2.02. The topological polar surface area (TPSA) is 70.5 Å². The minimum absolute atomic E-state index is 0.155. The van der Waals surface area contributed by atoms with Crippen molar-refractivity contribution in [2.45, 2.75) is 19.4 Å². The summed E-state index contributed by atoms with van der Waals surface area (Å²) in [6.45, 7) is 5.70. The van der Waals surface area contributed by atoms with Gasteiger partial charge < -0.3 is 5.73 Å². The minimum atomic E-state index is -0.155. The molecule has 66 valence electrons. The summed E-state index contributed by atoms with van der Waals surface area (Å²) in [5, 5.41) is 9.17. The maximum atomic E-state index is 5.81. The fourth-order valence-corrected chi connectivity index (χ4v) is 1.22. The van der Waals surface area contributed by atoms with Gasteiger partial charge in [0.15, 0.2) is 0 Å². The SMILES string of the molecule is C=C(C)CC(N)c1n[nH][nH]c1=S. The summed E-state index contributed by atoms with van der Waals surface area (Å²) in [6, 6.07) is -0.155. The number of nitrogens with zero attached hydrogens (tertiary/aromatic N) is 1. The molecule has 0 aliphatic carbocycles. The van der Waals surface area contributed by atoms with Gasteiger partial charge in [-0.3, -0.25) is 5.10 Å². The molecule has 0 bridgehead atoms. The highest BCUT2D eigenvalue weighted by Gasteiger charge is 2.10. The highest BCUT2D eigenvalue weighted by Crippen LogP contribution is 2.14. The van der Waals surface area contributed by atoms with Gasteiger partial charge in [0.2, 0.25) is 0 Å². The van der Waals surface area contributed by atoms with Gasteiger partial charge in [0.1, 0.15) is 10.3 Å². The molecule has 4 N–H and O–H groups in total. The fourth-order valence-electron chi connectivity index (χ4n) is 0.977. The molecule has 0 radical (unpaired) electrons. The minimum Gasteiger partial charge on any atom is -0.322 e. The van der Waals surface area contributed by atoms with Crippen LogP contribution in [0.3, 0.4) is 0 Å². The van der Waals surface area contributed by atoms with Crippen LogP contribution in [0, 0.1) is 4.64 Å². The lowest BCUT2D eigenvalue weighted by atomic mass is 10.1. The first kappa shape index (κ1) is 9.15. The number of H-pyrrole nitrogens is 2. The zero-order valence-corrected chi connectivity index (χ0v) is 7.74. The number of aromatic amines is 2. The third-order valence-electron chi connectivity index (χ3n) is 1.50. The van der Waals surface area contributed by atoms with Crippen molar-refractivity contribution in [2.75, 3.05) is 0 Å². The van der Waals surface area contributed by atoms with E-state index < -0.39 is 0 Å². The van der Waals surface area contributed by atoms with Crippen LogP contribution in [-0.4, -0.2) is 15.4 Å². The molecule has 1 rings (SSSR count). The van der Waals surface area contributed by atoms with E-state index in [9.17, 15) is 0 Å². The third-order valence-corrected chi connectivity index (χ3v) is 1.81. The van der Waals surface area contributed by atoms with Crippen LogP contribution in [0.25, 0.3) is 0 Å². The molecule has 0 aromatic carbocycles. The first-order valence-electron chi connectivity index (χ1n) is 3.64. The van der Waals surface area contributed by atoms with Crippen molar-refractivity contribution < 1.29 is 0 Å². The Bertz CT molecular complexity index is 324. The van der Waals surface area contributed by atoms with E-state index in [2.05, 4.69) is 22.0 Å². The van der Waals surface area contributed by atoms with Crippen LogP contribution >= 0.6 is 12.2 Å². The highest BCUT2D eigenvalue weighted by molar-refractivity contribution is 7.71. The lowest BCUT2D eigenvalue weighted by Gasteiger charge is -2.06. The lowest BCUT2D eigenvalue weighted by molar-refractivity contribution is 0.686. The Balaban J connectivity index is 2.78. The molecule has 0 saturated carbocycles. The maximum absolute atomic E-state index is 5.81. The van der Waals surface area contributed by atoms with Crippen molar-refractivity contribution >= 4 is 12.2 Å². The van der Waals surface area contributed by atoms with E-state index >= 15 is 0 Å². The molecule has 1 unspecified atom stereocenters. The lowest BCUT2D eigenvalue weighted by Crippen LogP contribution is -2.11. The molecule has 0 aliphatic heterocycles. The molecular weight excluding hydrogens is 172 g/mol. The fraction of sp³-hybridized carbons (Fsp3) is 0.429. The molecule has 1 heterocycles. The standard InChI is InChI=1S/C7H12N4S/c1-4(2)3-5(8)6-7(12)10-11-9-6/h5H,1,3,8H2,2H3,(H2,9,10,11,12). The Morgan fingerprint density at radius 2 is 2.50 bits per heavy atom. The number of hydrogen-bond donors (Lipinski definition) is 3.